The maximum atomic E-state index is 13.8. The molecule has 3 aromatic rings. The molecule has 0 spiro atoms. The van der Waals surface area contributed by atoms with Crippen molar-refractivity contribution in [2.24, 2.45) is 0 Å². The Balaban J connectivity index is 1.87. The van der Waals surface area contributed by atoms with Gasteiger partial charge in [0.25, 0.3) is 5.91 Å². The number of anilines is 1. The average Bonchev–Trinajstić information content (AvgIpc) is 3.34. The van der Waals surface area contributed by atoms with Crippen LogP contribution in [-0.2, 0) is 4.79 Å². The second-order valence-electron chi connectivity index (χ2n) is 7.48. The van der Waals surface area contributed by atoms with Gasteiger partial charge in [0.05, 0.1) is 39.0 Å². The number of nitrogens with one attached hydrogen (secondary N) is 1. The number of rotatable bonds is 6. The summed E-state index contributed by atoms with van der Waals surface area (Å²) in [6.07, 6.45) is 0. The number of nitrogens with zero attached hydrogens (tertiary/aromatic N) is 1. The highest BCUT2D eigenvalue weighted by Crippen LogP contribution is 2.47. The topological polar surface area (TPSA) is 77.1 Å². The van der Waals surface area contributed by atoms with Gasteiger partial charge in [-0.15, -0.1) is 11.3 Å². The summed E-state index contributed by atoms with van der Waals surface area (Å²) in [5, 5.41) is 5.34. The van der Waals surface area contributed by atoms with E-state index < -0.39 is 12.0 Å². The minimum atomic E-state index is -0.718. The third kappa shape index (κ3) is 4.12. The SMILES string of the molecule is COc1ccc(Cl)cc1NC(=O)[C@@H]1c2cc(OC)c(OC)cc2C(=O)N(C)[C@@H]1c1cccs1. The molecule has 2 aromatic carbocycles. The van der Waals surface area contributed by atoms with Crippen LogP contribution >= 0.6 is 22.9 Å². The first kappa shape index (κ1) is 22.9. The Kier molecular flexibility index (Phi) is 6.49. The van der Waals surface area contributed by atoms with Crippen LogP contribution in [0.4, 0.5) is 5.69 Å². The number of hydrogen-bond donors (Lipinski definition) is 1. The van der Waals surface area contributed by atoms with E-state index in [2.05, 4.69) is 5.32 Å². The number of methoxy groups -OCH3 is 3. The molecule has 33 heavy (non-hydrogen) atoms. The molecule has 0 radical (unpaired) electrons. The van der Waals surface area contributed by atoms with Crippen LogP contribution in [0.1, 0.15) is 32.8 Å². The number of thiophene rings is 1. The molecule has 1 aromatic heterocycles. The summed E-state index contributed by atoms with van der Waals surface area (Å²) >= 11 is 7.65. The lowest BCUT2D eigenvalue weighted by molar-refractivity contribution is -0.119. The molecule has 4 rings (SSSR count). The van der Waals surface area contributed by atoms with Crippen LogP contribution in [0.15, 0.2) is 47.8 Å². The predicted molar refractivity (Wildman–Crippen MR) is 128 cm³/mol. The van der Waals surface area contributed by atoms with Crippen LogP contribution in [0.5, 0.6) is 17.2 Å². The minimum Gasteiger partial charge on any atom is -0.495 e. The largest absolute Gasteiger partial charge is 0.495 e. The van der Waals surface area contributed by atoms with Gasteiger partial charge in [0.2, 0.25) is 5.91 Å². The molecule has 1 N–H and O–H groups in total. The fraction of sp³-hybridized carbons (Fsp3) is 0.250. The lowest BCUT2D eigenvalue weighted by Gasteiger charge is -2.39. The lowest BCUT2D eigenvalue weighted by Crippen LogP contribution is -2.43. The van der Waals surface area contributed by atoms with E-state index in [-0.39, 0.29) is 11.8 Å². The van der Waals surface area contributed by atoms with E-state index in [9.17, 15) is 9.59 Å². The molecule has 0 saturated carbocycles. The Hall–Kier alpha value is -3.23. The van der Waals surface area contributed by atoms with Gasteiger partial charge in [-0.2, -0.15) is 0 Å². The van der Waals surface area contributed by atoms with Crippen molar-refractivity contribution in [3.05, 3.63) is 68.9 Å². The van der Waals surface area contributed by atoms with Gasteiger partial charge >= 0.3 is 0 Å². The van der Waals surface area contributed by atoms with E-state index in [1.165, 1.54) is 32.7 Å². The van der Waals surface area contributed by atoms with E-state index in [1.807, 2.05) is 17.5 Å². The average molecular weight is 487 g/mol. The van der Waals surface area contributed by atoms with E-state index in [0.717, 1.165) is 4.88 Å². The Morgan fingerprint density at radius 3 is 2.36 bits per heavy atom. The first-order chi connectivity index (χ1) is 15.9. The van der Waals surface area contributed by atoms with Crippen LogP contribution < -0.4 is 19.5 Å². The van der Waals surface area contributed by atoms with Gasteiger partial charge in [0.1, 0.15) is 5.75 Å². The van der Waals surface area contributed by atoms with Crippen molar-refractivity contribution in [1.29, 1.82) is 0 Å². The molecule has 2 amide bonds. The van der Waals surface area contributed by atoms with Gasteiger partial charge < -0.3 is 24.4 Å². The normalized spacial score (nSPS) is 17.4. The second-order valence-corrected chi connectivity index (χ2v) is 8.90. The van der Waals surface area contributed by atoms with Crippen molar-refractivity contribution < 1.29 is 23.8 Å². The smallest absolute Gasteiger partial charge is 0.254 e. The fourth-order valence-electron chi connectivity index (χ4n) is 4.13. The van der Waals surface area contributed by atoms with Crippen molar-refractivity contribution >= 4 is 40.4 Å². The van der Waals surface area contributed by atoms with Gasteiger partial charge in [-0.05, 0) is 47.3 Å². The van der Waals surface area contributed by atoms with Crippen LogP contribution in [0.3, 0.4) is 0 Å². The molecule has 0 saturated heterocycles. The number of hydrogen-bond acceptors (Lipinski definition) is 6. The van der Waals surface area contributed by atoms with E-state index in [0.29, 0.717) is 39.1 Å². The van der Waals surface area contributed by atoms with Crippen molar-refractivity contribution in [3.63, 3.8) is 0 Å². The maximum absolute atomic E-state index is 13.8. The van der Waals surface area contributed by atoms with Crippen LogP contribution in [-0.4, -0.2) is 45.1 Å². The Morgan fingerprint density at radius 1 is 1.03 bits per heavy atom. The van der Waals surface area contributed by atoms with Gasteiger partial charge in [-0.25, -0.2) is 0 Å². The molecule has 1 aliphatic heterocycles. The van der Waals surface area contributed by atoms with Gasteiger partial charge in [-0.3, -0.25) is 9.59 Å². The molecular weight excluding hydrogens is 464 g/mol. The lowest BCUT2D eigenvalue weighted by atomic mass is 9.81. The monoisotopic (exact) mass is 486 g/mol. The molecule has 0 aliphatic carbocycles. The summed E-state index contributed by atoms with van der Waals surface area (Å²) in [6.45, 7) is 0. The predicted octanol–water partition coefficient (Wildman–Crippen LogP) is 4.98. The Bertz CT molecular complexity index is 1200. The third-order valence-corrected chi connectivity index (χ3v) is 6.89. The molecule has 2 atom stereocenters. The highest BCUT2D eigenvalue weighted by Gasteiger charge is 2.44. The van der Waals surface area contributed by atoms with Crippen molar-refractivity contribution in [2.45, 2.75) is 12.0 Å². The number of halogens is 1. The molecule has 172 valence electrons. The van der Waals surface area contributed by atoms with E-state index >= 15 is 0 Å². The van der Waals surface area contributed by atoms with Crippen molar-refractivity contribution in [1.82, 2.24) is 4.90 Å². The summed E-state index contributed by atoms with van der Waals surface area (Å²) in [5.41, 5.74) is 1.40. The number of ether oxygens (including phenoxy) is 3. The second kappa shape index (κ2) is 9.33. The summed E-state index contributed by atoms with van der Waals surface area (Å²) in [4.78, 5) is 29.6. The van der Waals surface area contributed by atoms with Crippen LogP contribution in [0.25, 0.3) is 0 Å². The number of fused-ring (bicyclic) bond motifs is 1. The maximum Gasteiger partial charge on any atom is 0.254 e. The molecular formula is C24H23ClN2O5S. The van der Waals surface area contributed by atoms with Crippen LogP contribution in [0, 0.1) is 0 Å². The molecule has 2 heterocycles. The quantitative estimate of drug-likeness (QED) is 0.532. The number of benzene rings is 2. The molecule has 7 nitrogen and oxygen atoms in total. The van der Waals surface area contributed by atoms with Gasteiger partial charge in [0, 0.05) is 22.5 Å². The Morgan fingerprint density at radius 2 is 1.73 bits per heavy atom. The summed E-state index contributed by atoms with van der Waals surface area (Å²) in [6, 6.07) is 11.6. The van der Waals surface area contributed by atoms with E-state index in [4.69, 9.17) is 25.8 Å². The Labute approximate surface area is 200 Å². The zero-order chi connectivity index (χ0) is 23.7. The number of likely N-dealkylation sites (N-methyl/N-ethyl adjacent to an activating group) is 1. The standard InChI is InChI=1S/C24H23ClN2O5S/c1-27-22(20-6-5-9-33-20)21(23(28)26-16-10-13(25)7-8-17(16)30-2)14-11-18(31-3)19(32-4)12-15(14)24(27)29/h5-12,21-22H,1-4H3,(H,26,28)/t21-,22-/m1/s1. The molecule has 1 aliphatic rings. The fourth-order valence-corrected chi connectivity index (χ4v) is 5.21. The number of carbonyl (C=O) groups excluding carboxylic acids is 2. The summed E-state index contributed by atoms with van der Waals surface area (Å²) < 4.78 is 16.3. The molecule has 0 unspecified atom stereocenters. The molecule has 9 heteroatoms. The first-order valence-electron chi connectivity index (χ1n) is 10.1. The zero-order valence-corrected chi connectivity index (χ0v) is 20.1. The third-order valence-electron chi connectivity index (χ3n) is 5.71. The molecule has 0 fully saturated rings. The summed E-state index contributed by atoms with van der Waals surface area (Å²) in [5.74, 6) is 0.119. The highest BCUT2D eigenvalue weighted by molar-refractivity contribution is 7.10. The first-order valence-corrected chi connectivity index (χ1v) is 11.4. The highest BCUT2D eigenvalue weighted by atomic mass is 35.5. The van der Waals surface area contributed by atoms with E-state index in [1.54, 1.807) is 42.3 Å². The van der Waals surface area contributed by atoms with Crippen molar-refractivity contribution in [3.8, 4) is 17.2 Å². The zero-order valence-electron chi connectivity index (χ0n) is 18.5. The van der Waals surface area contributed by atoms with Crippen molar-refractivity contribution in [2.75, 3.05) is 33.7 Å². The molecule has 0 bridgehead atoms. The minimum absolute atomic E-state index is 0.200. The summed E-state index contributed by atoms with van der Waals surface area (Å²) in [7, 11) is 6.24. The number of amides is 2. The van der Waals surface area contributed by atoms with Gasteiger partial charge in [-0.1, -0.05) is 17.7 Å². The number of carbonyl (C=O) groups is 2. The van der Waals surface area contributed by atoms with Crippen LogP contribution in [0.2, 0.25) is 5.02 Å². The van der Waals surface area contributed by atoms with Gasteiger partial charge in [0.15, 0.2) is 11.5 Å².